The molecule has 44 nitrogen and oxygen atoms in total. The number of fused-ring (bicyclic) bond motifs is 13. The van der Waals surface area contributed by atoms with Gasteiger partial charge in [-0.15, -0.1) is 0 Å². The SMILES string of the molecule is O=C(OC1OC2COC(=O)c3cc(O)c(O)c(O)c3-c3c(cc(O)c(O)c3O)C(=O)OC2C2OC(=O)c3cc(O)c(O)c(O)c3-c3c(O)c(O)c(O)c(-c4c(C(=O)OC5OC(CO)C(O)C6OC(=O)c7cc(O)c(O)c(O)c7-c7c(cc(O)c(O)c7O)C(=O)OC56)cc(O)c(O)c4O)c3C(=O)OC12)c1cc(O)c(O)c(O)c1. The molecule has 8 aromatic rings. The zero-order chi connectivity index (χ0) is 81.6. The molecule has 26 N–H and O–H groups in total. The summed E-state index contributed by atoms with van der Waals surface area (Å²) in [5.74, 6) is -55.2. The Morgan fingerprint density at radius 1 is 0.312 bits per heavy atom. The van der Waals surface area contributed by atoms with Crippen LogP contribution in [-0.2, 0) is 47.4 Å². The van der Waals surface area contributed by atoms with Gasteiger partial charge in [-0.2, -0.15) is 0 Å². The van der Waals surface area contributed by atoms with Gasteiger partial charge in [0.15, 0.2) is 116 Å². The van der Waals surface area contributed by atoms with Crippen LogP contribution in [0.5, 0.6) is 138 Å². The van der Waals surface area contributed by atoms with Crippen LogP contribution in [0, 0.1) is 0 Å². The van der Waals surface area contributed by atoms with Gasteiger partial charge in [-0.05, 0) is 48.5 Å². The summed E-state index contributed by atoms with van der Waals surface area (Å²) >= 11 is 0. The quantitative estimate of drug-likeness (QED) is 0.0634. The van der Waals surface area contributed by atoms with Crippen LogP contribution in [0.2, 0.25) is 0 Å². The van der Waals surface area contributed by atoms with Crippen molar-refractivity contribution in [3.05, 3.63) is 93.0 Å². The molecule has 0 aliphatic carbocycles. The Morgan fingerprint density at radius 2 is 0.625 bits per heavy atom. The van der Waals surface area contributed by atoms with Gasteiger partial charge in [-0.3, -0.25) is 0 Å². The molecular weight excluding hydrogens is 1520 g/mol. The maximum atomic E-state index is 16.1. The summed E-state index contributed by atoms with van der Waals surface area (Å²) in [7, 11) is 0. The van der Waals surface area contributed by atoms with Crippen molar-refractivity contribution in [2.45, 2.75) is 61.4 Å². The summed E-state index contributed by atoms with van der Waals surface area (Å²) in [4.78, 5) is 120. The van der Waals surface area contributed by atoms with Gasteiger partial charge in [0.05, 0.1) is 51.1 Å². The largest absolute Gasteiger partial charge is 0.504 e. The molecule has 44 heteroatoms. The topological polar surface area (TPSA) is 755 Å². The lowest BCUT2D eigenvalue weighted by atomic mass is 9.84. The number of esters is 8. The number of carbonyl (C=O) groups excluding carboxylic acids is 8. The molecule has 13 rings (SSSR count). The third-order valence-electron chi connectivity index (χ3n) is 18.2. The molecule has 2 fully saturated rings. The van der Waals surface area contributed by atoms with E-state index in [0.717, 1.165) is 0 Å². The van der Waals surface area contributed by atoms with Crippen LogP contribution in [0.3, 0.4) is 0 Å². The van der Waals surface area contributed by atoms with Crippen LogP contribution >= 0.6 is 0 Å². The molecule has 0 spiro atoms. The van der Waals surface area contributed by atoms with Crippen LogP contribution in [0.1, 0.15) is 82.9 Å². The summed E-state index contributed by atoms with van der Waals surface area (Å²) in [5.41, 5.74) is -22.9. The number of hydrogen-bond donors (Lipinski definition) is 26. The summed E-state index contributed by atoms with van der Waals surface area (Å²) in [6, 6.07) is 2.22. The summed E-state index contributed by atoms with van der Waals surface area (Å²) in [5, 5.41) is 289. The second-order valence-corrected chi connectivity index (χ2v) is 24.6. The van der Waals surface area contributed by atoms with Gasteiger partial charge in [-0.25, -0.2) is 38.4 Å². The summed E-state index contributed by atoms with van der Waals surface area (Å²) in [6.45, 7) is -2.96. The summed E-state index contributed by atoms with van der Waals surface area (Å²) < 4.78 is 56.6. The molecule has 10 unspecified atom stereocenters. The molecule has 584 valence electrons. The lowest BCUT2D eigenvalue weighted by Crippen LogP contribution is -2.63. The molecule has 0 bridgehead atoms. The molecule has 0 saturated carbocycles. The molecule has 5 heterocycles. The van der Waals surface area contributed by atoms with Crippen LogP contribution in [0.4, 0.5) is 0 Å². The van der Waals surface area contributed by atoms with Gasteiger partial charge >= 0.3 is 47.8 Å². The molecule has 112 heavy (non-hydrogen) atoms. The Labute approximate surface area is 614 Å². The maximum absolute atomic E-state index is 16.1. The van der Waals surface area contributed by atoms with E-state index >= 15 is 19.2 Å². The third-order valence-corrected chi connectivity index (χ3v) is 18.2. The molecule has 2 saturated heterocycles. The molecule has 0 aromatic heterocycles. The molecule has 0 radical (unpaired) electrons. The fourth-order valence-electron chi connectivity index (χ4n) is 12.9. The first kappa shape index (κ1) is 74.8. The molecule has 0 amide bonds. The molecule has 8 aromatic carbocycles. The van der Waals surface area contributed by atoms with E-state index in [1.165, 1.54) is 0 Å². The lowest BCUT2D eigenvalue weighted by Gasteiger charge is -2.44. The van der Waals surface area contributed by atoms with Gasteiger partial charge < -0.3 is 180 Å². The second-order valence-electron chi connectivity index (χ2n) is 24.6. The predicted molar refractivity (Wildman–Crippen MR) is 345 cm³/mol. The molecule has 5 aliphatic heterocycles. The highest BCUT2D eigenvalue weighted by molar-refractivity contribution is 6.16. The zero-order valence-electron chi connectivity index (χ0n) is 54.8. The first-order valence-electron chi connectivity index (χ1n) is 31.2. The monoisotopic (exact) mass is 1570 g/mol. The second kappa shape index (κ2) is 26.8. The van der Waals surface area contributed by atoms with E-state index in [1.807, 2.05) is 0 Å². The van der Waals surface area contributed by atoms with Gasteiger partial charge in [-0.1, -0.05) is 0 Å². The van der Waals surface area contributed by atoms with E-state index in [0.29, 0.717) is 30.3 Å². The Balaban J connectivity index is 1.01. The number of carbonyl (C=O) groups is 8. The Hall–Kier alpha value is -15.4. The van der Waals surface area contributed by atoms with Crippen molar-refractivity contribution in [3.63, 3.8) is 0 Å². The number of aromatic hydroxyl groups is 24. The first-order valence-corrected chi connectivity index (χ1v) is 31.2. The smallest absolute Gasteiger partial charge is 0.341 e. The third kappa shape index (κ3) is 11.6. The highest BCUT2D eigenvalue weighted by atomic mass is 16.8. The number of hydrogen-bond acceptors (Lipinski definition) is 44. The van der Waals surface area contributed by atoms with Crippen molar-refractivity contribution in [3.8, 4) is 182 Å². The minimum Gasteiger partial charge on any atom is -0.504 e. The van der Waals surface area contributed by atoms with E-state index in [9.17, 15) is 152 Å². The van der Waals surface area contributed by atoms with Crippen molar-refractivity contribution >= 4 is 47.8 Å². The fourth-order valence-corrected chi connectivity index (χ4v) is 12.9. The number of aliphatic hydroxyl groups excluding tert-OH is 2. The average Bonchev–Trinajstić information content (AvgIpc) is 0.788. The van der Waals surface area contributed by atoms with Crippen LogP contribution < -0.4 is 0 Å². The highest BCUT2D eigenvalue weighted by Crippen LogP contribution is 2.61. The number of aliphatic hydroxyl groups is 2. The number of ether oxygens (including phenoxy) is 10. The van der Waals surface area contributed by atoms with Gasteiger partial charge in [0.2, 0.25) is 65.0 Å². The van der Waals surface area contributed by atoms with E-state index in [1.54, 1.807) is 0 Å². The summed E-state index contributed by atoms with van der Waals surface area (Å²) in [6.07, 6.45) is -27.5. The van der Waals surface area contributed by atoms with Gasteiger partial charge in [0.1, 0.15) is 24.9 Å². The van der Waals surface area contributed by atoms with Crippen molar-refractivity contribution in [1.82, 2.24) is 0 Å². The number of phenols is 24. The number of benzene rings is 8. The van der Waals surface area contributed by atoms with Gasteiger partial charge in [0.25, 0.3) is 0 Å². The van der Waals surface area contributed by atoms with E-state index in [4.69, 9.17) is 47.4 Å². The van der Waals surface area contributed by atoms with Crippen molar-refractivity contribution in [2.24, 2.45) is 0 Å². The van der Waals surface area contributed by atoms with Crippen LogP contribution in [0.15, 0.2) is 48.5 Å². The van der Waals surface area contributed by atoms with Gasteiger partial charge in [0, 0.05) is 44.5 Å². The zero-order valence-corrected chi connectivity index (χ0v) is 54.8. The van der Waals surface area contributed by atoms with Crippen molar-refractivity contribution in [1.29, 1.82) is 0 Å². The van der Waals surface area contributed by atoms with Crippen molar-refractivity contribution < 1.29 is 218 Å². The van der Waals surface area contributed by atoms with E-state index < -0.39 is 349 Å². The Bertz CT molecular complexity index is 5520. The molecule has 5 aliphatic rings. The highest BCUT2D eigenvalue weighted by Gasteiger charge is 2.58. The van der Waals surface area contributed by atoms with Crippen molar-refractivity contribution in [2.75, 3.05) is 13.2 Å². The maximum Gasteiger partial charge on any atom is 0.341 e. The normalized spacial score (nSPS) is 21.3. The Morgan fingerprint density at radius 3 is 1.05 bits per heavy atom. The number of cyclic esters (lactones) is 1. The lowest BCUT2D eigenvalue weighted by molar-refractivity contribution is -0.283. The molecular formula is C68H48O44. The number of rotatable bonds is 6. The standard InChI is InChI=1S/C68H48O44/c69-9-26-44(85)55-57(109-64(100)15-6-23(75)41(82)48(89)31(15)30-14(62(98)107-55)5-22(74)40(81)47(30)88)67(104-26)112-65(101)17-8-25(77)43(84)50(91)33(17)35-36-34(51(92)53(94)52(35)93)32-16(7-24(76)42(83)49(32)90)63(99)108-56-54-27(105-68(58(56)110-66(36)102)111-59(95)11-1-18(70)37(78)19(71)2-11)10-103-60(96)12-3-20(72)38(79)45(86)28(12)29-13(61(97)106-54)4-21(73)39(80)46(29)87/h1-8,26-27,44,54-58,67-94H,9-10H2. The first-order chi connectivity index (χ1) is 52.7. The van der Waals surface area contributed by atoms with Crippen LogP contribution in [0.25, 0.3) is 44.5 Å². The Kier molecular flexibility index (Phi) is 17.9. The minimum absolute atomic E-state index is 0.0466. The fraction of sp³-hybridized carbons (Fsp3) is 0.176. The average molecular weight is 1570 g/mol. The minimum atomic E-state index is -3.10. The molecule has 10 atom stereocenters. The predicted octanol–water partition coefficient (Wildman–Crippen LogP) is 1.33. The van der Waals surface area contributed by atoms with E-state index in [-0.39, 0.29) is 18.2 Å². The number of phenolic OH excluding ortho intramolecular Hbond substituents is 24. The van der Waals surface area contributed by atoms with E-state index in [2.05, 4.69) is 0 Å². The van der Waals surface area contributed by atoms with Crippen LogP contribution in [-0.4, -0.2) is 255 Å².